The summed E-state index contributed by atoms with van der Waals surface area (Å²) >= 11 is 0. The number of rotatable bonds is 11. The zero-order valence-electron chi connectivity index (χ0n) is 24.3. The monoisotopic (exact) mass is 586 g/mol. The third-order valence-electron chi connectivity index (χ3n) is 7.20. The molecule has 11 nitrogen and oxygen atoms in total. The van der Waals surface area contributed by atoms with Gasteiger partial charge in [-0.05, 0) is 48.2 Å². The normalized spacial score (nSPS) is 13.9. The average molecular weight is 587 g/mol. The molecule has 4 rings (SSSR count). The Balaban J connectivity index is 1.52. The molecule has 0 saturated carbocycles. The molecule has 1 unspecified atom stereocenters. The SMILES string of the molecule is CCCNC(=O)Nc1cc(C(=O)NC(CC(=O)O)c2cccnc2)ccc1N1CCCN(C(=O)Cc2ccccc2)CC1. The summed E-state index contributed by atoms with van der Waals surface area (Å²) in [7, 11) is 0. The van der Waals surface area contributed by atoms with Crippen LogP contribution in [0.1, 0.15) is 53.7 Å². The van der Waals surface area contributed by atoms with Crippen LogP contribution >= 0.6 is 0 Å². The van der Waals surface area contributed by atoms with Gasteiger partial charge in [0.05, 0.1) is 30.3 Å². The molecular weight excluding hydrogens is 548 g/mol. The molecule has 1 aromatic heterocycles. The molecule has 1 aliphatic heterocycles. The molecular formula is C32H38N6O5. The number of anilines is 2. The van der Waals surface area contributed by atoms with Crippen LogP contribution in [0.3, 0.4) is 0 Å². The molecule has 3 aromatic rings. The van der Waals surface area contributed by atoms with E-state index in [4.69, 9.17) is 0 Å². The molecule has 0 aliphatic carbocycles. The van der Waals surface area contributed by atoms with Crippen molar-refractivity contribution in [3.05, 3.63) is 89.7 Å². The third kappa shape index (κ3) is 9.03. The standard InChI is InChI=1S/C32H38N6O5/c1-2-13-34-32(43)36-27-20-24(31(42)35-26(21-30(40)41)25-10-6-14-33-22-25)11-12-28(27)37-15-7-16-38(18-17-37)29(39)19-23-8-4-3-5-9-23/h3-6,8-12,14,20,22,26H,2,7,13,15-19,21H2,1H3,(H,35,42)(H,40,41)(H2,34,36,43). The number of carbonyl (C=O) groups excluding carboxylic acids is 3. The van der Waals surface area contributed by atoms with Crippen molar-refractivity contribution >= 4 is 35.2 Å². The van der Waals surface area contributed by atoms with Gasteiger partial charge < -0.3 is 30.9 Å². The van der Waals surface area contributed by atoms with Crippen molar-refractivity contribution in [3.63, 3.8) is 0 Å². The molecule has 1 aliphatic rings. The second kappa shape index (κ2) is 15.3. The number of pyridine rings is 1. The van der Waals surface area contributed by atoms with E-state index in [1.54, 1.807) is 36.5 Å². The molecule has 4 N–H and O–H groups in total. The van der Waals surface area contributed by atoms with Crippen LogP contribution in [0.5, 0.6) is 0 Å². The highest BCUT2D eigenvalue weighted by atomic mass is 16.4. The van der Waals surface area contributed by atoms with E-state index in [2.05, 4.69) is 25.8 Å². The number of hydrogen-bond acceptors (Lipinski definition) is 6. The second-order valence-electron chi connectivity index (χ2n) is 10.4. The number of benzene rings is 2. The van der Waals surface area contributed by atoms with Gasteiger partial charge in [-0.15, -0.1) is 0 Å². The highest BCUT2D eigenvalue weighted by Crippen LogP contribution is 2.29. The maximum atomic E-state index is 13.3. The molecule has 4 amide bonds. The number of amides is 4. The summed E-state index contributed by atoms with van der Waals surface area (Å²) in [6.45, 7) is 4.81. The van der Waals surface area contributed by atoms with Crippen molar-refractivity contribution in [2.24, 2.45) is 0 Å². The Hall–Kier alpha value is -4.93. The Kier molecular flexibility index (Phi) is 11.1. The fraction of sp³-hybridized carbons (Fsp3) is 0.344. The van der Waals surface area contributed by atoms with Gasteiger partial charge in [0.15, 0.2) is 0 Å². The Labute approximate surface area is 251 Å². The first-order valence-corrected chi connectivity index (χ1v) is 14.5. The lowest BCUT2D eigenvalue weighted by atomic mass is 10.0. The molecule has 0 radical (unpaired) electrons. The van der Waals surface area contributed by atoms with Crippen LogP contribution in [-0.2, 0) is 16.0 Å². The first-order valence-electron chi connectivity index (χ1n) is 14.5. The van der Waals surface area contributed by atoms with Crippen LogP contribution < -0.4 is 20.9 Å². The predicted molar refractivity (Wildman–Crippen MR) is 164 cm³/mol. The van der Waals surface area contributed by atoms with Crippen molar-refractivity contribution in [2.75, 3.05) is 42.9 Å². The highest BCUT2D eigenvalue weighted by molar-refractivity contribution is 6.00. The van der Waals surface area contributed by atoms with Crippen molar-refractivity contribution in [1.29, 1.82) is 0 Å². The van der Waals surface area contributed by atoms with E-state index in [9.17, 15) is 24.3 Å². The number of aromatic nitrogens is 1. The summed E-state index contributed by atoms with van der Waals surface area (Å²) in [6, 6.07) is 16.9. The van der Waals surface area contributed by atoms with Gasteiger partial charge in [0, 0.05) is 50.7 Å². The second-order valence-corrected chi connectivity index (χ2v) is 10.4. The summed E-state index contributed by atoms with van der Waals surface area (Å²) in [5.74, 6) is -1.47. The number of hydrogen-bond donors (Lipinski definition) is 4. The number of nitrogens with one attached hydrogen (secondary N) is 3. The van der Waals surface area contributed by atoms with Crippen LogP contribution in [0, 0.1) is 0 Å². The van der Waals surface area contributed by atoms with Gasteiger partial charge >= 0.3 is 12.0 Å². The molecule has 0 bridgehead atoms. The first kappa shape index (κ1) is 31.0. The zero-order chi connectivity index (χ0) is 30.6. The van der Waals surface area contributed by atoms with E-state index in [0.29, 0.717) is 50.4 Å². The van der Waals surface area contributed by atoms with Crippen molar-refractivity contribution in [2.45, 2.75) is 38.6 Å². The van der Waals surface area contributed by atoms with Gasteiger partial charge in [0.25, 0.3) is 5.91 Å². The van der Waals surface area contributed by atoms with Crippen LogP contribution in [0.25, 0.3) is 0 Å². The number of carbonyl (C=O) groups is 4. The maximum absolute atomic E-state index is 13.3. The maximum Gasteiger partial charge on any atom is 0.319 e. The molecule has 2 aromatic carbocycles. The minimum absolute atomic E-state index is 0.0712. The molecule has 226 valence electrons. The van der Waals surface area contributed by atoms with Gasteiger partial charge in [0.1, 0.15) is 0 Å². The largest absolute Gasteiger partial charge is 0.481 e. The minimum atomic E-state index is -1.06. The third-order valence-corrected chi connectivity index (χ3v) is 7.20. The van der Waals surface area contributed by atoms with Gasteiger partial charge in [-0.25, -0.2) is 4.79 Å². The lowest BCUT2D eigenvalue weighted by molar-refractivity contribution is -0.137. The van der Waals surface area contributed by atoms with E-state index in [-0.39, 0.29) is 17.9 Å². The van der Waals surface area contributed by atoms with E-state index in [1.807, 2.05) is 42.2 Å². The lowest BCUT2D eigenvalue weighted by Crippen LogP contribution is -2.36. The number of aliphatic carboxylic acids is 1. The first-order chi connectivity index (χ1) is 20.8. The van der Waals surface area contributed by atoms with Gasteiger partial charge in [-0.1, -0.05) is 43.3 Å². The summed E-state index contributed by atoms with van der Waals surface area (Å²) < 4.78 is 0. The molecule has 1 fully saturated rings. The topological polar surface area (TPSA) is 144 Å². The predicted octanol–water partition coefficient (Wildman–Crippen LogP) is 3.84. The Bertz CT molecular complexity index is 1400. The summed E-state index contributed by atoms with van der Waals surface area (Å²) in [4.78, 5) is 58.6. The summed E-state index contributed by atoms with van der Waals surface area (Å²) in [5, 5.41) is 17.9. The zero-order valence-corrected chi connectivity index (χ0v) is 24.3. The number of nitrogens with zero attached hydrogens (tertiary/aromatic N) is 3. The number of carboxylic acids is 1. The van der Waals surface area contributed by atoms with Crippen molar-refractivity contribution < 1.29 is 24.3 Å². The van der Waals surface area contributed by atoms with E-state index < -0.39 is 23.9 Å². The van der Waals surface area contributed by atoms with E-state index in [0.717, 1.165) is 24.1 Å². The van der Waals surface area contributed by atoms with Crippen LogP contribution in [0.2, 0.25) is 0 Å². The number of carboxylic acid groups (broad SMARTS) is 1. The highest BCUT2D eigenvalue weighted by Gasteiger charge is 2.24. The Morgan fingerprint density at radius 1 is 0.977 bits per heavy atom. The van der Waals surface area contributed by atoms with E-state index >= 15 is 0 Å². The Morgan fingerprint density at radius 3 is 2.51 bits per heavy atom. The summed E-state index contributed by atoms with van der Waals surface area (Å²) in [5.41, 5.74) is 2.99. The molecule has 1 saturated heterocycles. The van der Waals surface area contributed by atoms with Gasteiger partial charge in [-0.2, -0.15) is 0 Å². The molecule has 0 spiro atoms. The van der Waals surface area contributed by atoms with Crippen molar-refractivity contribution in [1.82, 2.24) is 20.5 Å². The fourth-order valence-electron chi connectivity index (χ4n) is 5.00. The van der Waals surface area contributed by atoms with Gasteiger partial charge in [0.2, 0.25) is 5.91 Å². The molecule has 1 atom stereocenters. The van der Waals surface area contributed by atoms with Crippen LogP contribution in [0.4, 0.5) is 16.2 Å². The Morgan fingerprint density at radius 2 is 1.79 bits per heavy atom. The quantitative estimate of drug-likeness (QED) is 0.267. The average Bonchev–Trinajstić information content (AvgIpc) is 3.27. The smallest absolute Gasteiger partial charge is 0.319 e. The minimum Gasteiger partial charge on any atom is -0.481 e. The van der Waals surface area contributed by atoms with Crippen molar-refractivity contribution in [3.8, 4) is 0 Å². The van der Waals surface area contributed by atoms with E-state index in [1.165, 1.54) is 6.20 Å². The van der Waals surface area contributed by atoms with Gasteiger partial charge in [-0.3, -0.25) is 19.4 Å². The lowest BCUT2D eigenvalue weighted by Gasteiger charge is -2.27. The summed E-state index contributed by atoms with van der Waals surface area (Å²) in [6.07, 6.45) is 4.64. The molecule has 11 heteroatoms. The van der Waals surface area contributed by atoms with Crippen LogP contribution in [-0.4, -0.2) is 71.5 Å². The van der Waals surface area contributed by atoms with Crippen LogP contribution in [0.15, 0.2) is 73.1 Å². The number of urea groups is 1. The molecule has 43 heavy (non-hydrogen) atoms. The fourth-order valence-corrected chi connectivity index (χ4v) is 5.00. The molecule has 2 heterocycles.